The van der Waals surface area contributed by atoms with Crippen LogP contribution in [0.2, 0.25) is 5.02 Å². The summed E-state index contributed by atoms with van der Waals surface area (Å²) >= 11 is 8.04. The Morgan fingerprint density at radius 3 is 2.70 bits per heavy atom. The van der Waals surface area contributed by atoms with Crippen LogP contribution in [0.15, 0.2) is 44.7 Å². The van der Waals surface area contributed by atoms with E-state index in [1.807, 2.05) is 19.1 Å². The molecule has 1 aromatic heterocycles. The highest BCUT2D eigenvalue weighted by molar-refractivity contribution is 7.99. The van der Waals surface area contributed by atoms with Gasteiger partial charge in [0.05, 0.1) is 16.2 Å². The van der Waals surface area contributed by atoms with Crippen molar-refractivity contribution >= 4 is 23.4 Å². The van der Waals surface area contributed by atoms with Crippen molar-refractivity contribution in [3.63, 3.8) is 0 Å². The van der Waals surface area contributed by atoms with Crippen LogP contribution in [-0.4, -0.2) is 6.54 Å². The molecule has 1 atom stereocenters. The summed E-state index contributed by atoms with van der Waals surface area (Å²) in [6, 6.07) is 8.56. The first-order valence-corrected chi connectivity index (χ1v) is 8.06. The summed E-state index contributed by atoms with van der Waals surface area (Å²) in [6.07, 6.45) is 2.84. The molecule has 0 spiro atoms. The van der Waals surface area contributed by atoms with Crippen molar-refractivity contribution in [1.82, 2.24) is 5.32 Å². The zero-order valence-electron chi connectivity index (χ0n) is 12.1. The summed E-state index contributed by atoms with van der Waals surface area (Å²) in [4.78, 5) is 2.17. The summed E-state index contributed by atoms with van der Waals surface area (Å²) in [7, 11) is 0. The Labute approximate surface area is 129 Å². The van der Waals surface area contributed by atoms with Crippen LogP contribution in [0.3, 0.4) is 0 Å². The fourth-order valence-corrected chi connectivity index (χ4v) is 3.10. The molecule has 1 N–H and O–H groups in total. The van der Waals surface area contributed by atoms with Crippen LogP contribution in [0, 0.1) is 6.92 Å². The molecular weight excluding hydrogens is 290 g/mol. The van der Waals surface area contributed by atoms with Gasteiger partial charge in [-0.05, 0) is 50.6 Å². The fraction of sp³-hybridized carbons (Fsp3) is 0.375. The molecule has 2 nitrogen and oxygen atoms in total. The molecule has 0 amide bonds. The van der Waals surface area contributed by atoms with Crippen LogP contribution in [-0.2, 0) is 0 Å². The predicted octanol–water partition coefficient (Wildman–Crippen LogP) is 5.45. The minimum absolute atomic E-state index is 0.321. The van der Waals surface area contributed by atoms with Gasteiger partial charge >= 0.3 is 0 Å². The standard InChI is InChI=1S/C16H20ClNOS/c1-4-8-18-11(2)13-5-6-16(14(17)10-13)20-15-7-9-19-12(15)3/h5-7,9-11,18H,4,8H2,1-3H3. The van der Waals surface area contributed by atoms with E-state index in [1.54, 1.807) is 18.0 Å². The van der Waals surface area contributed by atoms with E-state index in [9.17, 15) is 0 Å². The third-order valence-corrected chi connectivity index (χ3v) is 4.83. The monoisotopic (exact) mass is 309 g/mol. The Kier molecular flexibility index (Phi) is 5.58. The SMILES string of the molecule is CCCNC(C)c1ccc(Sc2ccoc2C)c(Cl)c1. The summed E-state index contributed by atoms with van der Waals surface area (Å²) in [5.41, 5.74) is 1.22. The molecule has 2 rings (SSSR count). The number of aryl methyl sites for hydroxylation is 1. The first kappa shape index (κ1) is 15.5. The van der Waals surface area contributed by atoms with Crippen molar-refractivity contribution in [3.8, 4) is 0 Å². The maximum atomic E-state index is 6.40. The van der Waals surface area contributed by atoms with Gasteiger partial charge in [-0.25, -0.2) is 0 Å². The van der Waals surface area contributed by atoms with Crippen molar-refractivity contribution in [2.45, 2.75) is 43.0 Å². The molecule has 4 heteroatoms. The summed E-state index contributed by atoms with van der Waals surface area (Å²) in [6.45, 7) is 7.30. The number of furan rings is 1. The smallest absolute Gasteiger partial charge is 0.114 e. The Hall–Kier alpha value is -0.900. The van der Waals surface area contributed by atoms with Crippen LogP contribution < -0.4 is 5.32 Å². The molecular formula is C16H20ClNOS. The van der Waals surface area contributed by atoms with Crippen molar-refractivity contribution in [2.75, 3.05) is 6.54 Å². The molecule has 2 aromatic rings. The van der Waals surface area contributed by atoms with Gasteiger partial charge in [-0.15, -0.1) is 0 Å². The maximum absolute atomic E-state index is 6.40. The molecule has 1 aromatic carbocycles. The highest BCUT2D eigenvalue weighted by atomic mass is 35.5. The molecule has 0 fully saturated rings. The molecule has 0 aliphatic carbocycles. The van der Waals surface area contributed by atoms with E-state index in [4.69, 9.17) is 16.0 Å². The predicted molar refractivity (Wildman–Crippen MR) is 85.7 cm³/mol. The molecule has 0 saturated carbocycles. The van der Waals surface area contributed by atoms with Gasteiger partial charge in [0.25, 0.3) is 0 Å². The Bertz CT molecular complexity index is 567. The first-order valence-electron chi connectivity index (χ1n) is 6.86. The lowest BCUT2D eigenvalue weighted by atomic mass is 10.1. The first-order chi connectivity index (χ1) is 9.61. The topological polar surface area (TPSA) is 25.2 Å². The van der Waals surface area contributed by atoms with Crippen molar-refractivity contribution in [3.05, 3.63) is 46.9 Å². The zero-order valence-corrected chi connectivity index (χ0v) is 13.6. The number of halogens is 1. The normalized spacial score (nSPS) is 12.6. The minimum atomic E-state index is 0.321. The van der Waals surface area contributed by atoms with E-state index in [-0.39, 0.29) is 0 Å². The van der Waals surface area contributed by atoms with Gasteiger partial charge in [0, 0.05) is 10.9 Å². The van der Waals surface area contributed by atoms with Gasteiger partial charge in [0.2, 0.25) is 0 Å². The van der Waals surface area contributed by atoms with Crippen LogP contribution >= 0.6 is 23.4 Å². The highest BCUT2D eigenvalue weighted by Gasteiger charge is 2.10. The lowest BCUT2D eigenvalue weighted by Gasteiger charge is -2.15. The second-order valence-electron chi connectivity index (χ2n) is 4.81. The molecule has 0 aliphatic heterocycles. The average molecular weight is 310 g/mol. The van der Waals surface area contributed by atoms with E-state index < -0.39 is 0 Å². The third-order valence-electron chi connectivity index (χ3n) is 3.19. The summed E-state index contributed by atoms with van der Waals surface area (Å²) < 4.78 is 5.31. The molecule has 1 unspecified atom stereocenters. The number of hydrogen-bond donors (Lipinski definition) is 1. The summed E-state index contributed by atoms with van der Waals surface area (Å²) in [5.74, 6) is 0.924. The van der Waals surface area contributed by atoms with Gasteiger partial charge in [-0.2, -0.15) is 0 Å². The molecule has 0 aliphatic rings. The van der Waals surface area contributed by atoms with E-state index in [2.05, 4.69) is 31.3 Å². The fourth-order valence-electron chi connectivity index (χ4n) is 1.95. The van der Waals surface area contributed by atoms with Crippen molar-refractivity contribution in [1.29, 1.82) is 0 Å². The maximum Gasteiger partial charge on any atom is 0.114 e. The number of benzene rings is 1. The quantitative estimate of drug-likeness (QED) is 0.767. The van der Waals surface area contributed by atoms with Crippen LogP contribution in [0.5, 0.6) is 0 Å². The molecule has 0 bridgehead atoms. The number of rotatable bonds is 6. The molecule has 0 radical (unpaired) electrons. The van der Waals surface area contributed by atoms with Gasteiger partial charge in [0.1, 0.15) is 5.76 Å². The lowest BCUT2D eigenvalue weighted by Crippen LogP contribution is -2.19. The molecule has 0 saturated heterocycles. The van der Waals surface area contributed by atoms with E-state index in [1.165, 1.54) is 5.56 Å². The van der Waals surface area contributed by atoms with E-state index in [0.717, 1.165) is 33.5 Å². The Morgan fingerprint density at radius 1 is 1.30 bits per heavy atom. The second-order valence-corrected chi connectivity index (χ2v) is 6.30. The van der Waals surface area contributed by atoms with Crippen LogP contribution in [0.1, 0.15) is 37.6 Å². The molecule has 1 heterocycles. The van der Waals surface area contributed by atoms with Crippen LogP contribution in [0.4, 0.5) is 0 Å². The van der Waals surface area contributed by atoms with Crippen LogP contribution in [0.25, 0.3) is 0 Å². The van der Waals surface area contributed by atoms with Gasteiger partial charge in [-0.3, -0.25) is 0 Å². The van der Waals surface area contributed by atoms with Gasteiger partial charge in [0.15, 0.2) is 0 Å². The highest BCUT2D eigenvalue weighted by Crippen LogP contribution is 2.36. The molecule has 108 valence electrons. The van der Waals surface area contributed by atoms with Gasteiger partial charge in [-0.1, -0.05) is 36.4 Å². The van der Waals surface area contributed by atoms with Crippen molar-refractivity contribution in [2.24, 2.45) is 0 Å². The van der Waals surface area contributed by atoms with E-state index >= 15 is 0 Å². The van der Waals surface area contributed by atoms with Gasteiger partial charge < -0.3 is 9.73 Å². The lowest BCUT2D eigenvalue weighted by molar-refractivity contribution is 0.527. The zero-order chi connectivity index (χ0) is 14.5. The largest absolute Gasteiger partial charge is 0.468 e. The number of hydrogen-bond acceptors (Lipinski definition) is 3. The third kappa shape index (κ3) is 3.81. The van der Waals surface area contributed by atoms with E-state index in [0.29, 0.717) is 6.04 Å². The Balaban J connectivity index is 2.11. The van der Waals surface area contributed by atoms with Crippen molar-refractivity contribution < 1.29 is 4.42 Å². The Morgan fingerprint density at radius 2 is 2.10 bits per heavy atom. The second kappa shape index (κ2) is 7.21. The summed E-state index contributed by atoms with van der Waals surface area (Å²) in [5, 5.41) is 4.26. The number of nitrogens with one attached hydrogen (secondary N) is 1. The average Bonchev–Trinajstić information content (AvgIpc) is 2.84. The molecule has 20 heavy (non-hydrogen) atoms. The minimum Gasteiger partial charge on any atom is -0.468 e.